The molecule has 0 spiro atoms. The monoisotopic (exact) mass is 461 g/mol. The summed E-state index contributed by atoms with van der Waals surface area (Å²) in [5.41, 5.74) is 3.03. The van der Waals surface area contributed by atoms with Gasteiger partial charge in [-0.05, 0) is 61.0 Å². The zero-order valence-electron chi connectivity index (χ0n) is 18.0. The van der Waals surface area contributed by atoms with Gasteiger partial charge in [0.1, 0.15) is 12.3 Å². The maximum atomic E-state index is 13.4. The predicted octanol–water partition coefficient (Wildman–Crippen LogP) is 4.52. The van der Waals surface area contributed by atoms with Crippen molar-refractivity contribution in [2.24, 2.45) is 0 Å². The molecule has 0 aliphatic heterocycles. The van der Waals surface area contributed by atoms with Crippen LogP contribution in [-0.2, 0) is 13.0 Å². The molecule has 0 saturated carbocycles. The number of nitrogens with zero attached hydrogens (tertiary/aromatic N) is 5. The fourth-order valence-corrected chi connectivity index (χ4v) is 4.04. The molecule has 0 fully saturated rings. The molecule has 3 heterocycles. The highest BCUT2D eigenvalue weighted by molar-refractivity contribution is 6.30. The fraction of sp³-hybridized carbons (Fsp3) is 0.167. The lowest BCUT2D eigenvalue weighted by Crippen LogP contribution is -2.13. The first kappa shape index (κ1) is 21.0. The Morgan fingerprint density at radius 3 is 2.73 bits per heavy atom. The standard InChI is InChI=1S/C24H20ClN5O3/c1-15-19(13-23-27-22(28-33-23)14-29-11-3-10-26-29)20-12-18(32-2)8-9-21(20)30(15)24(31)16-4-6-17(25)7-5-16/h3-12H,13-14H2,1-2H3. The highest BCUT2D eigenvalue weighted by atomic mass is 35.5. The van der Waals surface area contributed by atoms with E-state index in [0.29, 0.717) is 41.0 Å². The van der Waals surface area contributed by atoms with E-state index in [1.54, 1.807) is 46.8 Å². The Bertz CT molecular complexity index is 1440. The van der Waals surface area contributed by atoms with Crippen LogP contribution in [0.1, 0.15) is 33.3 Å². The summed E-state index contributed by atoms with van der Waals surface area (Å²) in [6, 6.07) is 14.3. The van der Waals surface area contributed by atoms with E-state index in [2.05, 4.69) is 15.2 Å². The number of rotatable bonds is 6. The molecule has 166 valence electrons. The zero-order valence-corrected chi connectivity index (χ0v) is 18.8. The van der Waals surface area contributed by atoms with E-state index in [1.165, 1.54) is 0 Å². The number of halogens is 1. The summed E-state index contributed by atoms with van der Waals surface area (Å²) < 4.78 is 14.4. The van der Waals surface area contributed by atoms with E-state index < -0.39 is 0 Å². The quantitative estimate of drug-likeness (QED) is 0.369. The van der Waals surface area contributed by atoms with E-state index in [1.807, 2.05) is 37.4 Å². The minimum absolute atomic E-state index is 0.143. The third kappa shape index (κ3) is 4.01. The van der Waals surface area contributed by atoms with Crippen LogP contribution in [0.15, 0.2) is 65.4 Å². The molecular weight excluding hydrogens is 442 g/mol. The predicted molar refractivity (Wildman–Crippen MR) is 123 cm³/mol. The molecule has 0 atom stereocenters. The van der Waals surface area contributed by atoms with Gasteiger partial charge in [0.15, 0.2) is 5.82 Å². The van der Waals surface area contributed by atoms with E-state index in [9.17, 15) is 4.79 Å². The molecule has 5 aromatic rings. The lowest BCUT2D eigenvalue weighted by molar-refractivity contribution is 0.0963. The molecule has 0 unspecified atom stereocenters. The van der Waals surface area contributed by atoms with Crippen molar-refractivity contribution in [3.8, 4) is 5.75 Å². The van der Waals surface area contributed by atoms with Crippen LogP contribution in [0, 0.1) is 6.92 Å². The molecule has 3 aromatic heterocycles. The number of aromatic nitrogens is 5. The maximum absolute atomic E-state index is 13.4. The van der Waals surface area contributed by atoms with Crippen LogP contribution in [0.5, 0.6) is 5.75 Å². The van der Waals surface area contributed by atoms with Crippen LogP contribution in [-0.4, -0.2) is 37.5 Å². The number of hydrogen-bond donors (Lipinski definition) is 0. The number of carbonyl (C=O) groups is 1. The molecule has 9 heteroatoms. The van der Waals surface area contributed by atoms with Crippen molar-refractivity contribution in [2.75, 3.05) is 7.11 Å². The number of hydrogen-bond acceptors (Lipinski definition) is 6. The summed E-state index contributed by atoms with van der Waals surface area (Å²) in [5, 5.41) is 9.71. The summed E-state index contributed by atoms with van der Waals surface area (Å²) in [4.78, 5) is 17.9. The van der Waals surface area contributed by atoms with Gasteiger partial charge in [-0.2, -0.15) is 10.1 Å². The Kier molecular flexibility index (Phi) is 5.43. The minimum atomic E-state index is -0.143. The third-order valence-corrected chi connectivity index (χ3v) is 5.79. The van der Waals surface area contributed by atoms with Crippen molar-refractivity contribution in [3.63, 3.8) is 0 Å². The molecule has 0 aliphatic rings. The van der Waals surface area contributed by atoms with Crippen molar-refractivity contribution >= 4 is 28.4 Å². The van der Waals surface area contributed by atoms with Crippen LogP contribution < -0.4 is 4.74 Å². The second-order valence-corrected chi connectivity index (χ2v) is 8.02. The van der Waals surface area contributed by atoms with E-state index in [-0.39, 0.29) is 5.91 Å². The Labute approximate surface area is 194 Å². The molecule has 5 rings (SSSR count). The highest BCUT2D eigenvalue weighted by Gasteiger charge is 2.22. The molecule has 0 amide bonds. The first-order chi connectivity index (χ1) is 16.0. The molecule has 8 nitrogen and oxygen atoms in total. The number of carbonyl (C=O) groups excluding carboxylic acids is 1. The van der Waals surface area contributed by atoms with Gasteiger partial charge in [-0.3, -0.25) is 14.0 Å². The molecule has 0 saturated heterocycles. The smallest absolute Gasteiger partial charge is 0.262 e. The second-order valence-electron chi connectivity index (χ2n) is 7.58. The Morgan fingerprint density at radius 1 is 1.18 bits per heavy atom. The third-order valence-electron chi connectivity index (χ3n) is 5.54. The van der Waals surface area contributed by atoms with Crippen LogP contribution in [0.4, 0.5) is 0 Å². The summed E-state index contributed by atoms with van der Waals surface area (Å²) in [5.74, 6) is 1.55. The normalized spacial score (nSPS) is 11.2. The zero-order chi connectivity index (χ0) is 22.9. The Hall–Kier alpha value is -3.91. The molecule has 33 heavy (non-hydrogen) atoms. The van der Waals surface area contributed by atoms with Crippen molar-refractivity contribution in [1.29, 1.82) is 0 Å². The second kappa shape index (κ2) is 8.55. The number of fused-ring (bicyclic) bond motifs is 1. The number of methoxy groups -OCH3 is 1. The highest BCUT2D eigenvalue weighted by Crippen LogP contribution is 2.31. The molecule has 0 radical (unpaired) electrons. The van der Waals surface area contributed by atoms with E-state index in [0.717, 1.165) is 22.2 Å². The van der Waals surface area contributed by atoms with Gasteiger partial charge >= 0.3 is 0 Å². The average molecular weight is 462 g/mol. The number of benzene rings is 2. The summed E-state index contributed by atoms with van der Waals surface area (Å²) in [7, 11) is 1.61. The minimum Gasteiger partial charge on any atom is -0.497 e. The van der Waals surface area contributed by atoms with E-state index >= 15 is 0 Å². The van der Waals surface area contributed by atoms with Crippen molar-refractivity contribution in [1.82, 2.24) is 24.5 Å². The fourth-order valence-electron chi connectivity index (χ4n) is 3.91. The average Bonchev–Trinajstić information content (AvgIpc) is 3.55. The van der Waals surface area contributed by atoms with Gasteiger partial charge in [0.2, 0.25) is 5.89 Å². The van der Waals surface area contributed by atoms with Gasteiger partial charge in [0.25, 0.3) is 5.91 Å². The molecule has 0 N–H and O–H groups in total. The van der Waals surface area contributed by atoms with E-state index in [4.69, 9.17) is 20.9 Å². The SMILES string of the molecule is COc1ccc2c(c1)c(Cc1nc(Cn3cccn3)no1)c(C)n2C(=O)c1ccc(Cl)cc1. The molecular formula is C24H20ClN5O3. The summed E-state index contributed by atoms with van der Waals surface area (Å²) in [6.07, 6.45) is 3.91. The van der Waals surface area contributed by atoms with Gasteiger partial charge in [0.05, 0.1) is 19.0 Å². The topological polar surface area (TPSA) is 88.0 Å². The van der Waals surface area contributed by atoms with Gasteiger partial charge in [-0.25, -0.2) is 0 Å². The van der Waals surface area contributed by atoms with Gasteiger partial charge < -0.3 is 9.26 Å². The van der Waals surface area contributed by atoms with Crippen molar-refractivity contribution in [2.45, 2.75) is 19.9 Å². The van der Waals surface area contributed by atoms with Crippen molar-refractivity contribution < 1.29 is 14.1 Å². The van der Waals surface area contributed by atoms with Gasteiger partial charge in [-0.1, -0.05) is 16.8 Å². The molecule has 0 aliphatic carbocycles. The van der Waals surface area contributed by atoms with Crippen LogP contribution in [0.3, 0.4) is 0 Å². The van der Waals surface area contributed by atoms with Crippen LogP contribution >= 0.6 is 11.6 Å². The summed E-state index contributed by atoms with van der Waals surface area (Å²) >= 11 is 6.00. The number of ether oxygens (including phenoxy) is 1. The van der Waals surface area contributed by atoms with Crippen LogP contribution in [0.25, 0.3) is 10.9 Å². The first-order valence-corrected chi connectivity index (χ1v) is 10.7. The lowest BCUT2D eigenvalue weighted by Gasteiger charge is -2.08. The summed E-state index contributed by atoms with van der Waals surface area (Å²) in [6.45, 7) is 2.33. The largest absolute Gasteiger partial charge is 0.497 e. The Balaban J connectivity index is 1.55. The van der Waals surface area contributed by atoms with Gasteiger partial charge in [0, 0.05) is 34.1 Å². The van der Waals surface area contributed by atoms with Gasteiger partial charge in [-0.15, -0.1) is 0 Å². The lowest BCUT2D eigenvalue weighted by atomic mass is 10.1. The first-order valence-electron chi connectivity index (χ1n) is 10.3. The maximum Gasteiger partial charge on any atom is 0.262 e. The molecule has 2 aromatic carbocycles. The van der Waals surface area contributed by atoms with Crippen LogP contribution in [0.2, 0.25) is 5.02 Å². The molecule has 0 bridgehead atoms. The van der Waals surface area contributed by atoms with Crippen molar-refractivity contribution in [3.05, 3.63) is 94.5 Å². The Morgan fingerprint density at radius 2 is 2.00 bits per heavy atom.